The lowest BCUT2D eigenvalue weighted by atomic mass is 10.0. The summed E-state index contributed by atoms with van der Waals surface area (Å²) in [5.41, 5.74) is 1.09. The summed E-state index contributed by atoms with van der Waals surface area (Å²) < 4.78 is 5.61. The summed E-state index contributed by atoms with van der Waals surface area (Å²) in [6, 6.07) is 0. The zero-order valence-electron chi connectivity index (χ0n) is 13.0. The van der Waals surface area contributed by atoms with Crippen molar-refractivity contribution in [1.82, 2.24) is 9.97 Å². The molecule has 5 heteroatoms. The first-order chi connectivity index (χ1) is 9.65. The third-order valence-electron chi connectivity index (χ3n) is 3.92. The van der Waals surface area contributed by atoms with Gasteiger partial charge in [-0.15, -0.1) is 0 Å². The number of hydrogen-bond donors (Lipinski definition) is 2. The molecule has 1 fully saturated rings. The SMILES string of the molecule is CCNc1nc(CC)nc(NCC2CCOC2C)c1C. The van der Waals surface area contributed by atoms with Gasteiger partial charge in [0, 0.05) is 37.6 Å². The molecule has 1 aliphatic heterocycles. The lowest BCUT2D eigenvalue weighted by molar-refractivity contribution is 0.108. The van der Waals surface area contributed by atoms with Crippen LogP contribution in [0.3, 0.4) is 0 Å². The van der Waals surface area contributed by atoms with E-state index < -0.39 is 0 Å². The molecule has 2 atom stereocenters. The van der Waals surface area contributed by atoms with E-state index in [1.54, 1.807) is 0 Å². The van der Waals surface area contributed by atoms with E-state index in [-0.39, 0.29) is 0 Å². The molecule has 1 saturated heterocycles. The summed E-state index contributed by atoms with van der Waals surface area (Å²) >= 11 is 0. The zero-order valence-corrected chi connectivity index (χ0v) is 13.0. The highest BCUT2D eigenvalue weighted by atomic mass is 16.5. The molecule has 0 amide bonds. The van der Waals surface area contributed by atoms with Crippen molar-refractivity contribution in [2.45, 2.75) is 46.6 Å². The number of aromatic nitrogens is 2. The Morgan fingerprint density at radius 2 is 1.90 bits per heavy atom. The standard InChI is InChI=1S/C15H26N4O/c1-5-13-18-14(16-6-2)10(3)15(19-13)17-9-12-7-8-20-11(12)4/h11-12H,5-9H2,1-4H3,(H2,16,17,18,19). The number of nitrogens with zero attached hydrogens (tertiary/aromatic N) is 2. The minimum Gasteiger partial charge on any atom is -0.378 e. The summed E-state index contributed by atoms with van der Waals surface area (Å²) in [6.45, 7) is 11.0. The second kappa shape index (κ2) is 6.88. The monoisotopic (exact) mass is 278 g/mol. The van der Waals surface area contributed by atoms with Gasteiger partial charge in [0.05, 0.1) is 6.10 Å². The van der Waals surface area contributed by atoms with E-state index in [1.165, 1.54) is 0 Å². The van der Waals surface area contributed by atoms with Crippen LogP contribution in [0.2, 0.25) is 0 Å². The van der Waals surface area contributed by atoms with Crippen molar-refractivity contribution in [3.63, 3.8) is 0 Å². The van der Waals surface area contributed by atoms with E-state index in [2.05, 4.69) is 48.3 Å². The molecule has 0 aliphatic carbocycles. The Morgan fingerprint density at radius 3 is 2.45 bits per heavy atom. The Kier molecular flexibility index (Phi) is 5.17. The molecule has 2 heterocycles. The normalized spacial score (nSPS) is 22.0. The number of anilines is 2. The Hall–Kier alpha value is -1.36. The summed E-state index contributed by atoms with van der Waals surface area (Å²) in [6.07, 6.45) is 2.30. The van der Waals surface area contributed by atoms with Gasteiger partial charge in [-0.25, -0.2) is 9.97 Å². The van der Waals surface area contributed by atoms with Crippen LogP contribution in [0.4, 0.5) is 11.6 Å². The van der Waals surface area contributed by atoms with Gasteiger partial charge in [-0.1, -0.05) is 6.92 Å². The molecule has 0 spiro atoms. The van der Waals surface area contributed by atoms with Crippen molar-refractivity contribution in [1.29, 1.82) is 0 Å². The molecular weight excluding hydrogens is 252 g/mol. The maximum absolute atomic E-state index is 5.61. The number of ether oxygens (including phenoxy) is 1. The quantitative estimate of drug-likeness (QED) is 0.837. The number of rotatable bonds is 6. The van der Waals surface area contributed by atoms with Crippen molar-refractivity contribution in [2.75, 3.05) is 30.3 Å². The first-order valence-electron chi connectivity index (χ1n) is 7.62. The van der Waals surface area contributed by atoms with Gasteiger partial charge in [0.15, 0.2) is 0 Å². The van der Waals surface area contributed by atoms with E-state index in [9.17, 15) is 0 Å². The van der Waals surface area contributed by atoms with Gasteiger partial charge in [-0.3, -0.25) is 0 Å². The number of aryl methyl sites for hydroxylation is 1. The molecule has 1 aromatic heterocycles. The van der Waals surface area contributed by atoms with E-state index >= 15 is 0 Å². The summed E-state index contributed by atoms with van der Waals surface area (Å²) in [7, 11) is 0. The summed E-state index contributed by atoms with van der Waals surface area (Å²) in [5, 5.41) is 6.80. The van der Waals surface area contributed by atoms with Crippen LogP contribution < -0.4 is 10.6 Å². The molecule has 2 rings (SSSR count). The molecule has 0 radical (unpaired) electrons. The topological polar surface area (TPSA) is 59.1 Å². The van der Waals surface area contributed by atoms with Crippen molar-refractivity contribution >= 4 is 11.6 Å². The molecule has 0 saturated carbocycles. The van der Waals surface area contributed by atoms with Gasteiger partial charge >= 0.3 is 0 Å². The number of hydrogen-bond acceptors (Lipinski definition) is 5. The molecule has 0 aromatic carbocycles. The molecule has 20 heavy (non-hydrogen) atoms. The van der Waals surface area contributed by atoms with Crippen LogP contribution in [0.1, 0.15) is 38.6 Å². The van der Waals surface area contributed by atoms with Gasteiger partial charge in [-0.05, 0) is 27.2 Å². The largest absolute Gasteiger partial charge is 0.378 e. The fourth-order valence-electron chi connectivity index (χ4n) is 2.50. The van der Waals surface area contributed by atoms with Gasteiger partial charge < -0.3 is 15.4 Å². The molecule has 1 aromatic rings. The predicted octanol–water partition coefficient (Wildman–Crippen LogP) is 2.62. The second-order valence-corrected chi connectivity index (χ2v) is 5.35. The van der Waals surface area contributed by atoms with Crippen molar-refractivity contribution in [2.24, 2.45) is 5.92 Å². The van der Waals surface area contributed by atoms with E-state index in [0.717, 1.165) is 55.6 Å². The fourth-order valence-corrected chi connectivity index (χ4v) is 2.50. The van der Waals surface area contributed by atoms with Crippen LogP contribution in [0.15, 0.2) is 0 Å². The Labute approximate surface area is 121 Å². The van der Waals surface area contributed by atoms with Gasteiger partial charge in [0.25, 0.3) is 0 Å². The second-order valence-electron chi connectivity index (χ2n) is 5.35. The van der Waals surface area contributed by atoms with Crippen molar-refractivity contribution in [3.8, 4) is 0 Å². The minimum absolute atomic E-state index is 0.337. The third-order valence-corrected chi connectivity index (χ3v) is 3.92. The highest BCUT2D eigenvalue weighted by Crippen LogP contribution is 2.24. The van der Waals surface area contributed by atoms with E-state index in [4.69, 9.17) is 4.74 Å². The predicted molar refractivity (Wildman–Crippen MR) is 82.3 cm³/mol. The maximum Gasteiger partial charge on any atom is 0.134 e. The Morgan fingerprint density at radius 1 is 1.20 bits per heavy atom. The number of nitrogens with one attached hydrogen (secondary N) is 2. The van der Waals surface area contributed by atoms with Gasteiger partial charge in [0.2, 0.25) is 0 Å². The van der Waals surface area contributed by atoms with Crippen LogP contribution in [0, 0.1) is 12.8 Å². The average Bonchev–Trinajstić information content (AvgIpc) is 2.85. The van der Waals surface area contributed by atoms with Crippen molar-refractivity contribution in [3.05, 3.63) is 11.4 Å². The Balaban J connectivity index is 2.11. The molecule has 5 nitrogen and oxygen atoms in total. The van der Waals surface area contributed by atoms with Crippen LogP contribution in [0.5, 0.6) is 0 Å². The third kappa shape index (κ3) is 3.39. The molecule has 2 unspecified atom stereocenters. The van der Waals surface area contributed by atoms with Crippen LogP contribution in [-0.4, -0.2) is 35.8 Å². The fraction of sp³-hybridized carbons (Fsp3) is 0.733. The highest BCUT2D eigenvalue weighted by molar-refractivity contribution is 5.57. The summed E-state index contributed by atoms with van der Waals surface area (Å²) in [4.78, 5) is 9.17. The molecule has 112 valence electrons. The minimum atomic E-state index is 0.337. The van der Waals surface area contributed by atoms with Crippen molar-refractivity contribution < 1.29 is 4.74 Å². The summed E-state index contributed by atoms with van der Waals surface area (Å²) in [5.74, 6) is 3.34. The lowest BCUT2D eigenvalue weighted by Gasteiger charge is -2.18. The molecule has 2 N–H and O–H groups in total. The molecular formula is C15H26N4O. The first kappa shape index (κ1) is 15.0. The van der Waals surface area contributed by atoms with Crippen LogP contribution in [0.25, 0.3) is 0 Å². The first-order valence-corrected chi connectivity index (χ1v) is 7.62. The molecule has 0 bridgehead atoms. The average molecular weight is 278 g/mol. The lowest BCUT2D eigenvalue weighted by Crippen LogP contribution is -2.22. The van der Waals surface area contributed by atoms with Gasteiger partial charge in [-0.2, -0.15) is 0 Å². The van der Waals surface area contributed by atoms with Crippen LogP contribution >= 0.6 is 0 Å². The van der Waals surface area contributed by atoms with Gasteiger partial charge in [0.1, 0.15) is 17.5 Å². The van der Waals surface area contributed by atoms with Crippen LogP contribution in [-0.2, 0) is 11.2 Å². The Bertz CT molecular complexity index is 450. The zero-order chi connectivity index (χ0) is 14.5. The smallest absolute Gasteiger partial charge is 0.134 e. The van der Waals surface area contributed by atoms with E-state index in [1.807, 2.05) is 0 Å². The highest BCUT2D eigenvalue weighted by Gasteiger charge is 2.24. The van der Waals surface area contributed by atoms with E-state index in [0.29, 0.717) is 12.0 Å². The maximum atomic E-state index is 5.61. The molecule has 1 aliphatic rings.